The van der Waals surface area contributed by atoms with Crippen molar-refractivity contribution in [3.63, 3.8) is 0 Å². The predicted molar refractivity (Wildman–Crippen MR) is 77.3 cm³/mol. The molecule has 0 spiro atoms. The van der Waals surface area contributed by atoms with Crippen molar-refractivity contribution in [2.24, 2.45) is 0 Å². The molecule has 0 saturated heterocycles. The first-order valence-electron chi connectivity index (χ1n) is 6.98. The molecular formula is C15H23F3N2O. The Balaban J connectivity index is 2.46. The minimum Gasteiger partial charge on any atom is -0.406 e. The van der Waals surface area contributed by atoms with Gasteiger partial charge in [0.15, 0.2) is 0 Å². The van der Waals surface area contributed by atoms with Crippen LogP contribution in [-0.2, 0) is 0 Å². The molecule has 1 unspecified atom stereocenters. The minimum atomic E-state index is -4.65. The van der Waals surface area contributed by atoms with E-state index in [1.165, 1.54) is 12.1 Å². The molecule has 0 saturated carbocycles. The lowest BCUT2D eigenvalue weighted by Gasteiger charge is -2.22. The Hall–Kier alpha value is -1.27. The maximum absolute atomic E-state index is 12.1. The Kier molecular flexibility index (Phi) is 6.48. The molecular weight excluding hydrogens is 281 g/mol. The average Bonchev–Trinajstić information content (AvgIpc) is 2.37. The number of alkyl halides is 3. The Morgan fingerprint density at radius 2 is 1.71 bits per heavy atom. The predicted octanol–water partition coefficient (Wildman–Crippen LogP) is 3.58. The second-order valence-electron chi connectivity index (χ2n) is 5.37. The van der Waals surface area contributed by atoms with Crippen LogP contribution in [0.25, 0.3) is 0 Å². The fraction of sp³-hybridized carbons (Fsp3) is 0.600. The van der Waals surface area contributed by atoms with Crippen LogP contribution in [0.1, 0.15) is 32.4 Å². The third-order valence-electron chi connectivity index (χ3n) is 3.41. The molecule has 0 fully saturated rings. The topological polar surface area (TPSA) is 24.5 Å². The molecule has 1 rings (SSSR count). The molecule has 1 aromatic carbocycles. The highest BCUT2D eigenvalue weighted by Crippen LogP contribution is 2.24. The molecule has 120 valence electrons. The minimum absolute atomic E-state index is 0.0745. The van der Waals surface area contributed by atoms with Gasteiger partial charge < -0.3 is 15.0 Å². The van der Waals surface area contributed by atoms with Crippen molar-refractivity contribution >= 4 is 0 Å². The van der Waals surface area contributed by atoms with Crippen LogP contribution >= 0.6 is 0 Å². The van der Waals surface area contributed by atoms with Gasteiger partial charge in [-0.15, -0.1) is 13.2 Å². The maximum Gasteiger partial charge on any atom is 0.573 e. The number of nitrogens with one attached hydrogen (secondary N) is 1. The summed E-state index contributed by atoms with van der Waals surface area (Å²) < 4.78 is 40.1. The molecule has 1 N–H and O–H groups in total. The molecule has 21 heavy (non-hydrogen) atoms. The Morgan fingerprint density at radius 3 is 2.19 bits per heavy atom. The first kappa shape index (κ1) is 17.8. The van der Waals surface area contributed by atoms with E-state index in [4.69, 9.17) is 0 Å². The second-order valence-corrected chi connectivity index (χ2v) is 5.37. The average molecular weight is 304 g/mol. The molecule has 0 aromatic heterocycles. The summed E-state index contributed by atoms with van der Waals surface area (Å²) in [6.07, 6.45) is -4.65. The van der Waals surface area contributed by atoms with Crippen LogP contribution in [0.5, 0.6) is 5.75 Å². The van der Waals surface area contributed by atoms with E-state index in [0.29, 0.717) is 6.04 Å². The third kappa shape index (κ3) is 6.82. The first-order chi connectivity index (χ1) is 9.69. The summed E-state index contributed by atoms with van der Waals surface area (Å²) in [7, 11) is 2.06. The fourth-order valence-electron chi connectivity index (χ4n) is 1.79. The summed E-state index contributed by atoms with van der Waals surface area (Å²) >= 11 is 0. The molecule has 3 nitrogen and oxygen atoms in total. The van der Waals surface area contributed by atoms with Crippen molar-refractivity contribution in [3.05, 3.63) is 29.8 Å². The number of likely N-dealkylation sites (N-methyl/N-ethyl adjacent to an activating group) is 1. The lowest BCUT2D eigenvalue weighted by atomic mass is 10.1. The number of nitrogens with zero attached hydrogens (tertiary/aromatic N) is 1. The SMILES string of the molecule is CC(NCCN(C)C(C)C)c1ccc(OC(F)(F)F)cc1. The Morgan fingerprint density at radius 1 is 1.14 bits per heavy atom. The lowest BCUT2D eigenvalue weighted by Crippen LogP contribution is -2.34. The van der Waals surface area contributed by atoms with Gasteiger partial charge >= 0.3 is 6.36 Å². The first-order valence-corrected chi connectivity index (χ1v) is 6.98. The summed E-state index contributed by atoms with van der Waals surface area (Å²) in [4.78, 5) is 2.22. The van der Waals surface area contributed by atoms with Crippen LogP contribution in [0.4, 0.5) is 13.2 Å². The third-order valence-corrected chi connectivity index (χ3v) is 3.41. The van der Waals surface area contributed by atoms with E-state index in [-0.39, 0.29) is 11.8 Å². The van der Waals surface area contributed by atoms with Crippen LogP contribution < -0.4 is 10.1 Å². The smallest absolute Gasteiger partial charge is 0.406 e. The van der Waals surface area contributed by atoms with Crippen molar-refractivity contribution in [2.45, 2.75) is 39.2 Å². The summed E-state index contributed by atoms with van der Waals surface area (Å²) in [6.45, 7) is 7.97. The summed E-state index contributed by atoms with van der Waals surface area (Å²) in [5.41, 5.74) is 0.928. The monoisotopic (exact) mass is 304 g/mol. The number of hydrogen-bond donors (Lipinski definition) is 1. The van der Waals surface area contributed by atoms with Gasteiger partial charge in [0.2, 0.25) is 0 Å². The molecule has 1 aromatic rings. The molecule has 0 heterocycles. The van der Waals surface area contributed by atoms with Crippen LogP contribution in [-0.4, -0.2) is 37.4 Å². The van der Waals surface area contributed by atoms with Crippen LogP contribution in [0.15, 0.2) is 24.3 Å². The number of ether oxygens (including phenoxy) is 1. The summed E-state index contributed by atoms with van der Waals surface area (Å²) in [6, 6.07) is 6.52. The number of halogens is 3. The molecule has 0 aliphatic carbocycles. The zero-order chi connectivity index (χ0) is 16.0. The highest BCUT2D eigenvalue weighted by Gasteiger charge is 2.30. The van der Waals surface area contributed by atoms with Gasteiger partial charge in [-0.3, -0.25) is 0 Å². The Bertz CT molecular complexity index is 418. The normalized spacial score (nSPS) is 13.8. The van der Waals surface area contributed by atoms with E-state index in [1.807, 2.05) is 6.92 Å². The van der Waals surface area contributed by atoms with Crippen LogP contribution in [0, 0.1) is 0 Å². The van der Waals surface area contributed by atoms with Gasteiger partial charge in [0.05, 0.1) is 0 Å². The van der Waals surface area contributed by atoms with E-state index in [0.717, 1.165) is 18.7 Å². The van der Waals surface area contributed by atoms with E-state index in [9.17, 15) is 13.2 Å². The highest BCUT2D eigenvalue weighted by molar-refractivity contribution is 5.29. The number of hydrogen-bond acceptors (Lipinski definition) is 3. The van der Waals surface area contributed by atoms with Gasteiger partial charge in [-0.2, -0.15) is 0 Å². The highest BCUT2D eigenvalue weighted by atomic mass is 19.4. The van der Waals surface area contributed by atoms with Crippen molar-refractivity contribution < 1.29 is 17.9 Å². The van der Waals surface area contributed by atoms with Gasteiger partial charge in [0.25, 0.3) is 0 Å². The van der Waals surface area contributed by atoms with Gasteiger partial charge in [-0.25, -0.2) is 0 Å². The van der Waals surface area contributed by atoms with Crippen molar-refractivity contribution in [1.82, 2.24) is 10.2 Å². The molecule has 0 aliphatic heterocycles. The second kappa shape index (κ2) is 7.66. The number of benzene rings is 1. The Labute approximate surface area is 124 Å². The quantitative estimate of drug-likeness (QED) is 0.833. The summed E-state index contributed by atoms with van der Waals surface area (Å²) in [5, 5.41) is 3.35. The van der Waals surface area contributed by atoms with Gasteiger partial charge in [0.1, 0.15) is 5.75 Å². The van der Waals surface area contributed by atoms with Crippen molar-refractivity contribution in [1.29, 1.82) is 0 Å². The molecule has 0 aliphatic rings. The number of rotatable bonds is 7. The standard InChI is InChI=1S/C15H23F3N2O/c1-11(2)20(4)10-9-19-12(3)13-5-7-14(8-6-13)21-15(16,17)18/h5-8,11-12,19H,9-10H2,1-4H3. The van der Waals surface area contributed by atoms with E-state index in [2.05, 4.69) is 35.8 Å². The summed E-state index contributed by atoms with van der Waals surface area (Å²) in [5.74, 6) is -0.196. The lowest BCUT2D eigenvalue weighted by molar-refractivity contribution is -0.274. The zero-order valence-corrected chi connectivity index (χ0v) is 12.9. The van der Waals surface area contributed by atoms with Crippen molar-refractivity contribution in [3.8, 4) is 5.75 Å². The van der Waals surface area contributed by atoms with Crippen LogP contribution in [0.2, 0.25) is 0 Å². The molecule has 6 heteroatoms. The molecule has 0 bridgehead atoms. The zero-order valence-electron chi connectivity index (χ0n) is 12.9. The fourth-order valence-corrected chi connectivity index (χ4v) is 1.79. The van der Waals surface area contributed by atoms with E-state index in [1.54, 1.807) is 12.1 Å². The van der Waals surface area contributed by atoms with E-state index >= 15 is 0 Å². The van der Waals surface area contributed by atoms with Crippen LogP contribution in [0.3, 0.4) is 0 Å². The van der Waals surface area contributed by atoms with Gasteiger partial charge in [-0.1, -0.05) is 12.1 Å². The largest absolute Gasteiger partial charge is 0.573 e. The molecule has 0 radical (unpaired) electrons. The molecule has 1 atom stereocenters. The maximum atomic E-state index is 12.1. The van der Waals surface area contributed by atoms with Gasteiger partial charge in [-0.05, 0) is 45.5 Å². The van der Waals surface area contributed by atoms with Gasteiger partial charge in [0, 0.05) is 25.2 Å². The van der Waals surface area contributed by atoms with Crippen molar-refractivity contribution in [2.75, 3.05) is 20.1 Å². The molecule has 0 amide bonds. The van der Waals surface area contributed by atoms with E-state index < -0.39 is 6.36 Å².